The van der Waals surface area contributed by atoms with Crippen LogP contribution in [0, 0.1) is 11.8 Å². The first-order valence-electron chi connectivity index (χ1n) is 11.6. The molecule has 1 fully saturated rings. The highest BCUT2D eigenvalue weighted by Gasteiger charge is 2.39. The van der Waals surface area contributed by atoms with Gasteiger partial charge in [-0.15, -0.1) is 0 Å². The molecule has 1 heterocycles. The Morgan fingerprint density at radius 2 is 2.12 bits per heavy atom. The lowest BCUT2D eigenvalue weighted by Gasteiger charge is -2.24. The third-order valence-corrected chi connectivity index (χ3v) is 8.96. The molecule has 0 spiro atoms. The van der Waals surface area contributed by atoms with Gasteiger partial charge in [-0.1, -0.05) is 54.6 Å². The Balaban J connectivity index is 2.05. The van der Waals surface area contributed by atoms with E-state index in [9.17, 15) is 23.0 Å². The standard InChI is InChI=1S/C25H37ClFNO4S/c1-4-22(26)11-14-24-16-20(8-15-25(29)30)17-28(24)33(31,32)19(3)7-5-6-18(2)21-9-12-23(27)13-10-21/h4,7,11-12,20-21,24-25,29-30H,1-2,5-6,8-10,13-17H2,3H3/b19-7+,22-11+. The fraction of sp³-hybridized carbons (Fsp3) is 0.600. The Bertz CT molecular complexity index is 894. The Hall–Kier alpha value is -1.25. The Kier molecular flexibility index (Phi) is 11.0. The zero-order valence-corrected chi connectivity index (χ0v) is 21.0. The molecule has 0 bridgehead atoms. The average molecular weight is 502 g/mol. The van der Waals surface area contributed by atoms with Gasteiger partial charge in [-0.25, -0.2) is 12.8 Å². The van der Waals surface area contributed by atoms with Crippen molar-refractivity contribution in [2.75, 3.05) is 6.54 Å². The van der Waals surface area contributed by atoms with Gasteiger partial charge in [0.05, 0.1) is 10.7 Å². The van der Waals surface area contributed by atoms with Crippen LogP contribution >= 0.6 is 11.6 Å². The summed E-state index contributed by atoms with van der Waals surface area (Å²) < 4.78 is 41.5. The Labute approximate surface area is 203 Å². The molecule has 2 aliphatic rings. The Morgan fingerprint density at radius 3 is 2.73 bits per heavy atom. The molecular formula is C25H37ClFNO4S. The van der Waals surface area contributed by atoms with Crippen LogP contribution in [0.5, 0.6) is 0 Å². The summed E-state index contributed by atoms with van der Waals surface area (Å²) in [7, 11) is -3.66. The van der Waals surface area contributed by atoms with Gasteiger partial charge in [0.2, 0.25) is 10.0 Å². The molecule has 1 aliphatic carbocycles. The molecule has 0 aromatic carbocycles. The number of aliphatic hydroxyl groups is 2. The van der Waals surface area contributed by atoms with E-state index < -0.39 is 16.3 Å². The highest BCUT2D eigenvalue weighted by Crippen LogP contribution is 2.35. The van der Waals surface area contributed by atoms with E-state index in [4.69, 9.17) is 11.6 Å². The summed E-state index contributed by atoms with van der Waals surface area (Å²) in [4.78, 5) is 0.302. The molecule has 2 rings (SSSR count). The van der Waals surface area contributed by atoms with Crippen molar-refractivity contribution >= 4 is 21.6 Å². The lowest BCUT2D eigenvalue weighted by Crippen LogP contribution is -2.36. The van der Waals surface area contributed by atoms with Gasteiger partial charge in [0.15, 0.2) is 6.29 Å². The van der Waals surface area contributed by atoms with Gasteiger partial charge in [0, 0.05) is 17.6 Å². The summed E-state index contributed by atoms with van der Waals surface area (Å²) in [6.45, 7) is 9.72. The summed E-state index contributed by atoms with van der Waals surface area (Å²) in [5.74, 6) is 0.244. The molecule has 0 aromatic heterocycles. The summed E-state index contributed by atoms with van der Waals surface area (Å²) in [5.41, 5.74) is 1.03. The molecule has 3 unspecified atom stereocenters. The van der Waals surface area contributed by atoms with E-state index in [1.54, 1.807) is 25.2 Å². The summed E-state index contributed by atoms with van der Waals surface area (Å²) in [6.07, 6.45) is 10.2. The van der Waals surface area contributed by atoms with Crippen LogP contribution in [0.3, 0.4) is 0 Å². The number of nitrogens with zero attached hydrogens (tertiary/aromatic N) is 1. The molecule has 0 amide bonds. The van der Waals surface area contributed by atoms with E-state index in [2.05, 4.69) is 13.2 Å². The first kappa shape index (κ1) is 28.0. The predicted octanol–water partition coefficient (Wildman–Crippen LogP) is 5.69. The van der Waals surface area contributed by atoms with Gasteiger partial charge in [-0.3, -0.25) is 0 Å². The van der Waals surface area contributed by atoms with E-state index in [1.807, 2.05) is 0 Å². The number of rotatable bonds is 12. The van der Waals surface area contributed by atoms with Crippen molar-refractivity contribution in [3.05, 3.63) is 58.8 Å². The van der Waals surface area contributed by atoms with Crippen LogP contribution in [0.1, 0.15) is 64.7 Å². The van der Waals surface area contributed by atoms with Crippen LogP contribution in [0.2, 0.25) is 0 Å². The zero-order chi connectivity index (χ0) is 24.6. The Morgan fingerprint density at radius 1 is 1.39 bits per heavy atom. The number of aliphatic hydroxyl groups excluding tert-OH is 1. The average Bonchev–Trinajstić information content (AvgIpc) is 3.20. The maximum absolute atomic E-state index is 13.4. The van der Waals surface area contributed by atoms with E-state index in [0.717, 1.165) is 12.0 Å². The van der Waals surface area contributed by atoms with Gasteiger partial charge in [0.25, 0.3) is 0 Å². The number of allylic oxidation sites excluding steroid dienone is 7. The molecule has 2 N–H and O–H groups in total. The number of hydrogen-bond acceptors (Lipinski definition) is 4. The van der Waals surface area contributed by atoms with Gasteiger partial charge in [0.1, 0.15) is 0 Å². The van der Waals surface area contributed by atoms with Crippen molar-refractivity contribution in [2.45, 2.75) is 77.0 Å². The zero-order valence-electron chi connectivity index (χ0n) is 19.4. The second-order valence-electron chi connectivity index (χ2n) is 9.05. The SMILES string of the molecule is C=C/C(Cl)=C\CC1CC(CCC(O)O)CN1S(=O)(=O)/C(C)=C/CCC(=C)C1CC=C(F)CC1. The van der Waals surface area contributed by atoms with Gasteiger partial charge in [-0.2, -0.15) is 4.31 Å². The molecule has 5 nitrogen and oxygen atoms in total. The largest absolute Gasteiger partial charge is 0.368 e. The van der Waals surface area contributed by atoms with Crippen molar-refractivity contribution in [2.24, 2.45) is 11.8 Å². The third-order valence-electron chi connectivity index (χ3n) is 6.61. The fourth-order valence-electron chi connectivity index (χ4n) is 4.54. The molecule has 1 saturated heterocycles. The normalized spacial score (nSPS) is 25.4. The molecule has 8 heteroatoms. The lowest BCUT2D eigenvalue weighted by molar-refractivity contribution is -0.0485. The predicted molar refractivity (Wildman–Crippen MR) is 132 cm³/mol. The quantitative estimate of drug-likeness (QED) is 0.204. The smallest absolute Gasteiger partial charge is 0.238 e. The molecule has 186 valence electrons. The second-order valence-corrected chi connectivity index (χ2v) is 11.6. The minimum absolute atomic E-state index is 0.0508. The van der Waals surface area contributed by atoms with E-state index in [0.29, 0.717) is 61.4 Å². The molecular weight excluding hydrogens is 465 g/mol. The topological polar surface area (TPSA) is 77.8 Å². The molecule has 0 saturated carbocycles. The maximum atomic E-state index is 13.4. The van der Waals surface area contributed by atoms with Crippen molar-refractivity contribution in [3.63, 3.8) is 0 Å². The fourth-order valence-corrected chi connectivity index (χ4v) is 6.30. The van der Waals surface area contributed by atoms with Gasteiger partial charge < -0.3 is 10.2 Å². The summed E-state index contributed by atoms with van der Waals surface area (Å²) >= 11 is 6.04. The van der Waals surface area contributed by atoms with Crippen molar-refractivity contribution < 1.29 is 23.0 Å². The third kappa shape index (κ3) is 8.48. The molecule has 33 heavy (non-hydrogen) atoms. The number of halogens is 2. The van der Waals surface area contributed by atoms with Crippen LogP contribution in [0.15, 0.2) is 58.8 Å². The van der Waals surface area contributed by atoms with Crippen molar-refractivity contribution in [3.8, 4) is 0 Å². The van der Waals surface area contributed by atoms with E-state index >= 15 is 0 Å². The van der Waals surface area contributed by atoms with E-state index in [-0.39, 0.29) is 30.1 Å². The lowest BCUT2D eigenvalue weighted by atomic mass is 9.86. The molecule has 0 radical (unpaired) electrons. The van der Waals surface area contributed by atoms with Crippen LogP contribution in [-0.2, 0) is 10.0 Å². The molecule has 1 aliphatic heterocycles. The van der Waals surface area contributed by atoms with Crippen LogP contribution in [0.4, 0.5) is 4.39 Å². The first-order chi connectivity index (χ1) is 15.5. The number of sulfonamides is 1. The van der Waals surface area contributed by atoms with Crippen LogP contribution in [-0.4, -0.2) is 41.8 Å². The highest BCUT2D eigenvalue weighted by atomic mass is 35.5. The van der Waals surface area contributed by atoms with Crippen molar-refractivity contribution in [1.29, 1.82) is 0 Å². The number of hydrogen-bond donors (Lipinski definition) is 2. The van der Waals surface area contributed by atoms with Gasteiger partial charge in [-0.05, 0) is 76.5 Å². The molecule has 0 aromatic rings. The first-order valence-corrected chi connectivity index (χ1v) is 13.4. The maximum Gasteiger partial charge on any atom is 0.238 e. The van der Waals surface area contributed by atoms with Crippen molar-refractivity contribution in [1.82, 2.24) is 4.31 Å². The van der Waals surface area contributed by atoms with E-state index in [1.165, 1.54) is 10.4 Å². The summed E-state index contributed by atoms with van der Waals surface area (Å²) in [5, 5.41) is 18.9. The van der Waals surface area contributed by atoms with Gasteiger partial charge >= 0.3 is 0 Å². The minimum Gasteiger partial charge on any atom is -0.368 e. The minimum atomic E-state index is -3.66. The van der Waals surface area contributed by atoms with Crippen LogP contribution in [0.25, 0.3) is 0 Å². The summed E-state index contributed by atoms with van der Waals surface area (Å²) in [6, 6.07) is -0.244. The monoisotopic (exact) mass is 501 g/mol. The molecule has 3 atom stereocenters. The second kappa shape index (κ2) is 13.0. The van der Waals surface area contributed by atoms with Crippen LogP contribution < -0.4 is 0 Å². The highest BCUT2D eigenvalue weighted by molar-refractivity contribution is 7.93.